The van der Waals surface area contributed by atoms with Crippen molar-refractivity contribution in [2.24, 2.45) is 0 Å². The molecule has 1 aliphatic heterocycles. The van der Waals surface area contributed by atoms with E-state index >= 15 is 0 Å². The summed E-state index contributed by atoms with van der Waals surface area (Å²) >= 11 is 7.09. The van der Waals surface area contributed by atoms with Gasteiger partial charge in [-0.3, -0.25) is 4.79 Å². The van der Waals surface area contributed by atoms with E-state index in [4.69, 9.17) is 11.6 Å². The first-order chi connectivity index (χ1) is 14.9. The number of aromatic nitrogens is 2. The fraction of sp³-hybridized carbons (Fsp3) is 0.273. The van der Waals surface area contributed by atoms with Gasteiger partial charge in [0.2, 0.25) is 5.01 Å². The van der Waals surface area contributed by atoms with Crippen molar-refractivity contribution >= 4 is 46.3 Å². The lowest BCUT2D eigenvalue weighted by Gasteiger charge is -2.23. The molecule has 1 aromatic heterocycles. The van der Waals surface area contributed by atoms with E-state index in [-0.39, 0.29) is 23.0 Å². The number of carbonyl (C=O) groups excluding carboxylic acids is 2. The summed E-state index contributed by atoms with van der Waals surface area (Å²) in [5.74, 6) is -0.338. The van der Waals surface area contributed by atoms with Crippen LogP contribution in [-0.2, 0) is 0 Å². The Morgan fingerprint density at radius 2 is 1.77 bits per heavy atom. The van der Waals surface area contributed by atoms with Gasteiger partial charge in [0, 0.05) is 22.9 Å². The Balaban J connectivity index is 1.44. The Bertz CT molecular complexity index is 1120. The number of hydrogen-bond acceptors (Lipinski definition) is 5. The van der Waals surface area contributed by atoms with Gasteiger partial charge < -0.3 is 15.5 Å². The second-order valence-corrected chi connectivity index (χ2v) is 8.93. The number of rotatable bonds is 4. The minimum Gasteiger partial charge on any atom is -0.320 e. The number of carbonyl (C=O) groups is 2. The van der Waals surface area contributed by atoms with E-state index < -0.39 is 0 Å². The zero-order valence-electron chi connectivity index (χ0n) is 17.2. The van der Waals surface area contributed by atoms with E-state index in [1.165, 1.54) is 16.9 Å². The molecule has 160 valence electrons. The molecule has 2 aromatic carbocycles. The normalized spacial score (nSPS) is 15.7. The molecule has 1 unspecified atom stereocenters. The first-order valence-electron chi connectivity index (χ1n) is 9.96. The lowest BCUT2D eigenvalue weighted by atomic mass is 10.1. The van der Waals surface area contributed by atoms with Gasteiger partial charge in [0.05, 0.1) is 6.04 Å². The lowest BCUT2D eigenvalue weighted by molar-refractivity contribution is 0.102. The summed E-state index contributed by atoms with van der Waals surface area (Å²) in [7, 11) is 0. The van der Waals surface area contributed by atoms with E-state index in [9.17, 15) is 9.59 Å². The van der Waals surface area contributed by atoms with Crippen molar-refractivity contribution in [1.82, 2.24) is 15.1 Å². The highest BCUT2D eigenvalue weighted by molar-refractivity contribution is 7.13. The average Bonchev–Trinajstić information content (AvgIpc) is 3.42. The quantitative estimate of drug-likeness (QED) is 0.549. The molecule has 1 fully saturated rings. The number of halogens is 1. The van der Waals surface area contributed by atoms with Gasteiger partial charge in [0.15, 0.2) is 0 Å². The SMILES string of the molecule is Cc1ccc(NC(=O)N2CCCC2c2nnc(C(=O)Nc3ccc(Cl)cc3)s2)cc1C. The lowest BCUT2D eigenvalue weighted by Crippen LogP contribution is -2.34. The van der Waals surface area contributed by atoms with Gasteiger partial charge in [-0.1, -0.05) is 29.0 Å². The zero-order chi connectivity index (χ0) is 22.0. The maximum Gasteiger partial charge on any atom is 0.322 e. The van der Waals surface area contributed by atoms with Crippen molar-refractivity contribution in [3.8, 4) is 0 Å². The molecule has 4 rings (SSSR count). The van der Waals surface area contributed by atoms with Crippen molar-refractivity contribution in [3.05, 3.63) is 68.6 Å². The summed E-state index contributed by atoms with van der Waals surface area (Å²) in [5.41, 5.74) is 3.69. The predicted octanol–water partition coefficient (Wildman–Crippen LogP) is 5.43. The molecule has 1 aliphatic rings. The Morgan fingerprint density at radius 1 is 1.03 bits per heavy atom. The summed E-state index contributed by atoms with van der Waals surface area (Å²) in [4.78, 5) is 27.2. The molecule has 3 aromatic rings. The van der Waals surface area contributed by atoms with Gasteiger partial charge >= 0.3 is 6.03 Å². The van der Waals surface area contributed by atoms with Crippen molar-refractivity contribution in [2.75, 3.05) is 17.2 Å². The highest BCUT2D eigenvalue weighted by Crippen LogP contribution is 2.34. The molecular weight excluding hydrogens is 434 g/mol. The van der Waals surface area contributed by atoms with Crippen LogP contribution >= 0.6 is 22.9 Å². The number of urea groups is 1. The minimum absolute atomic E-state index is 0.173. The second-order valence-electron chi connectivity index (χ2n) is 7.49. The maximum atomic E-state index is 12.9. The second kappa shape index (κ2) is 9.03. The van der Waals surface area contributed by atoms with E-state index in [0.717, 1.165) is 24.1 Å². The summed E-state index contributed by atoms with van der Waals surface area (Å²) in [5, 5.41) is 15.5. The third-order valence-electron chi connectivity index (χ3n) is 5.29. The fourth-order valence-electron chi connectivity index (χ4n) is 3.46. The molecule has 9 heteroatoms. The van der Waals surface area contributed by atoms with E-state index in [1.807, 2.05) is 32.0 Å². The fourth-order valence-corrected chi connectivity index (χ4v) is 4.47. The van der Waals surface area contributed by atoms with E-state index in [2.05, 4.69) is 20.8 Å². The first-order valence-corrected chi connectivity index (χ1v) is 11.2. The molecular formula is C22H22ClN5O2S. The van der Waals surface area contributed by atoms with Crippen molar-refractivity contribution in [3.63, 3.8) is 0 Å². The number of aryl methyl sites for hydroxylation is 2. The standard InChI is InChI=1S/C22H22ClN5O2S/c1-13-5-8-17(12-14(13)2)25-22(30)28-11-3-4-18(28)20-26-27-21(31-20)19(29)24-16-9-6-15(23)7-10-16/h5-10,12,18H,3-4,11H2,1-2H3,(H,24,29)(H,25,30). The molecule has 1 atom stereocenters. The molecule has 0 radical (unpaired) electrons. The van der Waals surface area contributed by atoms with Gasteiger partial charge in [0.1, 0.15) is 5.01 Å². The average molecular weight is 456 g/mol. The first kappa shape index (κ1) is 21.3. The van der Waals surface area contributed by atoms with Crippen LogP contribution in [-0.4, -0.2) is 33.6 Å². The van der Waals surface area contributed by atoms with Gasteiger partial charge in [-0.15, -0.1) is 10.2 Å². The molecule has 0 saturated carbocycles. The Morgan fingerprint density at radius 3 is 2.52 bits per heavy atom. The molecule has 0 bridgehead atoms. The monoisotopic (exact) mass is 455 g/mol. The highest BCUT2D eigenvalue weighted by Gasteiger charge is 2.33. The number of likely N-dealkylation sites (tertiary alicyclic amines) is 1. The minimum atomic E-state index is -0.338. The molecule has 31 heavy (non-hydrogen) atoms. The molecule has 2 N–H and O–H groups in total. The number of hydrogen-bond donors (Lipinski definition) is 2. The van der Waals surface area contributed by atoms with E-state index in [1.54, 1.807) is 29.2 Å². The Hall–Kier alpha value is -2.97. The summed E-state index contributed by atoms with van der Waals surface area (Å²) in [6, 6.07) is 12.3. The van der Waals surface area contributed by atoms with Crippen molar-refractivity contribution in [2.45, 2.75) is 32.7 Å². The number of nitrogens with zero attached hydrogens (tertiary/aromatic N) is 3. The molecule has 1 saturated heterocycles. The number of anilines is 2. The van der Waals surface area contributed by atoms with Crippen LogP contribution in [0.3, 0.4) is 0 Å². The number of benzene rings is 2. The smallest absolute Gasteiger partial charge is 0.320 e. The van der Waals surface area contributed by atoms with Crippen LogP contribution in [0.4, 0.5) is 16.2 Å². The Kier molecular flexibility index (Phi) is 6.20. The van der Waals surface area contributed by atoms with Crippen LogP contribution < -0.4 is 10.6 Å². The zero-order valence-corrected chi connectivity index (χ0v) is 18.8. The van der Waals surface area contributed by atoms with Crippen LogP contribution in [0, 0.1) is 13.8 Å². The van der Waals surface area contributed by atoms with E-state index in [0.29, 0.717) is 22.3 Å². The topological polar surface area (TPSA) is 87.2 Å². The third-order valence-corrected chi connectivity index (χ3v) is 6.57. The number of nitrogens with one attached hydrogen (secondary N) is 2. The van der Waals surface area contributed by atoms with Crippen LogP contribution in [0.5, 0.6) is 0 Å². The van der Waals surface area contributed by atoms with Crippen LogP contribution in [0.25, 0.3) is 0 Å². The predicted molar refractivity (Wildman–Crippen MR) is 123 cm³/mol. The molecule has 0 aliphatic carbocycles. The van der Waals surface area contributed by atoms with Crippen molar-refractivity contribution < 1.29 is 9.59 Å². The summed E-state index contributed by atoms with van der Waals surface area (Å²) in [6.07, 6.45) is 1.66. The van der Waals surface area contributed by atoms with Gasteiger partial charge in [-0.05, 0) is 74.2 Å². The maximum absolute atomic E-state index is 12.9. The van der Waals surface area contributed by atoms with Gasteiger partial charge in [-0.25, -0.2) is 4.79 Å². The molecule has 2 heterocycles. The largest absolute Gasteiger partial charge is 0.322 e. The molecule has 0 spiro atoms. The van der Waals surface area contributed by atoms with Crippen LogP contribution in [0.1, 0.15) is 44.8 Å². The highest BCUT2D eigenvalue weighted by atomic mass is 35.5. The summed E-state index contributed by atoms with van der Waals surface area (Å²) in [6.45, 7) is 4.68. The third kappa shape index (κ3) is 4.86. The molecule has 7 nitrogen and oxygen atoms in total. The summed E-state index contributed by atoms with van der Waals surface area (Å²) < 4.78 is 0. The van der Waals surface area contributed by atoms with Gasteiger partial charge in [-0.2, -0.15) is 0 Å². The van der Waals surface area contributed by atoms with Crippen LogP contribution in [0.15, 0.2) is 42.5 Å². The Labute approximate surface area is 189 Å². The molecule has 3 amide bonds. The van der Waals surface area contributed by atoms with Crippen LogP contribution in [0.2, 0.25) is 5.02 Å². The number of amides is 3. The van der Waals surface area contributed by atoms with Gasteiger partial charge in [0.25, 0.3) is 5.91 Å². The van der Waals surface area contributed by atoms with Crippen molar-refractivity contribution in [1.29, 1.82) is 0 Å².